The maximum absolute atomic E-state index is 13.8. The van der Waals surface area contributed by atoms with Crippen molar-refractivity contribution < 1.29 is 23.9 Å². The number of ether oxygens (including phenoxy) is 2. The number of anilines is 2. The van der Waals surface area contributed by atoms with Crippen LogP contribution in [0.2, 0.25) is 0 Å². The van der Waals surface area contributed by atoms with E-state index in [1.165, 1.54) is 4.90 Å². The standard InChI is InChI=1S/C31H25N3O5/c1-38-22-14-12-21(13-15-22)34-28(32-26-10-6-5-9-25(26)31(34)37)19-11-16-27(39-2)20(17-19)18-33-29(35)23-7-3-4-8-24(23)30(33)36/h3-17,28,32H,18H2,1-2H3/t28-/m0/s1. The molecule has 8 nitrogen and oxygen atoms in total. The van der Waals surface area contributed by atoms with Crippen molar-refractivity contribution in [2.75, 3.05) is 24.4 Å². The van der Waals surface area contributed by atoms with E-state index in [0.717, 1.165) is 11.3 Å². The van der Waals surface area contributed by atoms with E-state index in [1.807, 2.05) is 54.6 Å². The predicted molar refractivity (Wildman–Crippen MR) is 146 cm³/mol. The van der Waals surface area contributed by atoms with Crippen molar-refractivity contribution >= 4 is 29.1 Å². The Morgan fingerprint density at radius 2 is 1.36 bits per heavy atom. The van der Waals surface area contributed by atoms with Gasteiger partial charge in [0.05, 0.1) is 37.5 Å². The van der Waals surface area contributed by atoms with Crippen molar-refractivity contribution in [1.82, 2.24) is 4.90 Å². The van der Waals surface area contributed by atoms with E-state index in [2.05, 4.69) is 5.32 Å². The van der Waals surface area contributed by atoms with Gasteiger partial charge in [-0.1, -0.05) is 30.3 Å². The van der Waals surface area contributed by atoms with Gasteiger partial charge in [0.2, 0.25) is 0 Å². The Bertz CT molecular complexity index is 1580. The quantitative estimate of drug-likeness (QED) is 0.349. The van der Waals surface area contributed by atoms with Crippen molar-refractivity contribution in [1.29, 1.82) is 0 Å². The molecule has 0 saturated heterocycles. The van der Waals surface area contributed by atoms with Crippen LogP contribution in [0.4, 0.5) is 11.4 Å². The van der Waals surface area contributed by atoms with Crippen LogP contribution in [0, 0.1) is 0 Å². The number of methoxy groups -OCH3 is 2. The summed E-state index contributed by atoms with van der Waals surface area (Å²) in [6, 6.07) is 27.0. The van der Waals surface area contributed by atoms with Crippen LogP contribution in [0.3, 0.4) is 0 Å². The molecular weight excluding hydrogens is 494 g/mol. The van der Waals surface area contributed by atoms with E-state index in [1.54, 1.807) is 55.5 Å². The molecule has 0 aliphatic carbocycles. The predicted octanol–water partition coefficient (Wildman–Crippen LogP) is 5.27. The minimum absolute atomic E-state index is 0.0309. The summed E-state index contributed by atoms with van der Waals surface area (Å²) in [5.74, 6) is 0.373. The first-order valence-corrected chi connectivity index (χ1v) is 12.5. The molecule has 3 amide bonds. The van der Waals surface area contributed by atoms with E-state index < -0.39 is 6.17 Å². The van der Waals surface area contributed by atoms with E-state index in [-0.39, 0.29) is 24.3 Å². The van der Waals surface area contributed by atoms with Crippen molar-refractivity contribution in [2.45, 2.75) is 12.7 Å². The number of hydrogen-bond donors (Lipinski definition) is 1. The number of para-hydroxylation sites is 1. The van der Waals surface area contributed by atoms with Gasteiger partial charge >= 0.3 is 0 Å². The second-order valence-electron chi connectivity index (χ2n) is 9.28. The molecule has 1 atom stereocenters. The van der Waals surface area contributed by atoms with Crippen LogP contribution in [0.5, 0.6) is 11.5 Å². The molecule has 1 N–H and O–H groups in total. The summed E-state index contributed by atoms with van der Waals surface area (Å²) in [7, 11) is 3.14. The lowest BCUT2D eigenvalue weighted by atomic mass is 10.0. The van der Waals surface area contributed by atoms with Gasteiger partial charge in [-0.05, 0) is 66.2 Å². The summed E-state index contributed by atoms with van der Waals surface area (Å²) < 4.78 is 10.9. The maximum atomic E-state index is 13.8. The monoisotopic (exact) mass is 519 g/mol. The van der Waals surface area contributed by atoms with Crippen LogP contribution < -0.4 is 19.7 Å². The minimum Gasteiger partial charge on any atom is -0.497 e. The van der Waals surface area contributed by atoms with Crippen molar-refractivity contribution in [2.24, 2.45) is 0 Å². The Hall–Kier alpha value is -5.11. The second-order valence-corrected chi connectivity index (χ2v) is 9.28. The van der Waals surface area contributed by atoms with Gasteiger partial charge < -0.3 is 14.8 Å². The van der Waals surface area contributed by atoms with Crippen LogP contribution in [0.15, 0.2) is 91.0 Å². The van der Waals surface area contributed by atoms with Gasteiger partial charge in [0.1, 0.15) is 17.7 Å². The molecule has 0 aromatic heterocycles. The van der Waals surface area contributed by atoms with Crippen molar-refractivity contribution in [3.8, 4) is 11.5 Å². The zero-order valence-corrected chi connectivity index (χ0v) is 21.4. The molecule has 4 aromatic rings. The fraction of sp³-hybridized carbons (Fsp3) is 0.129. The molecular formula is C31H25N3O5. The summed E-state index contributed by atoms with van der Waals surface area (Å²) in [5, 5.41) is 3.50. The summed E-state index contributed by atoms with van der Waals surface area (Å²) in [5.41, 5.74) is 4.15. The molecule has 194 valence electrons. The number of rotatable bonds is 6. The topological polar surface area (TPSA) is 88.2 Å². The summed E-state index contributed by atoms with van der Waals surface area (Å²) in [6.07, 6.45) is -0.562. The SMILES string of the molecule is COc1ccc(N2C(=O)c3ccccc3N[C@@H]2c2ccc(OC)c(CN3C(=O)c4ccccc4C3=O)c2)cc1. The van der Waals surface area contributed by atoms with Gasteiger partial charge in [-0.3, -0.25) is 24.2 Å². The molecule has 2 aliphatic rings. The molecule has 0 fully saturated rings. The molecule has 8 heteroatoms. The van der Waals surface area contributed by atoms with Crippen LogP contribution in [-0.4, -0.2) is 36.8 Å². The maximum Gasteiger partial charge on any atom is 0.262 e. The molecule has 6 rings (SSSR count). The van der Waals surface area contributed by atoms with Gasteiger partial charge in [-0.2, -0.15) is 0 Å². The van der Waals surface area contributed by atoms with E-state index in [0.29, 0.717) is 39.4 Å². The summed E-state index contributed by atoms with van der Waals surface area (Å²) >= 11 is 0. The molecule has 0 saturated carbocycles. The number of carbonyl (C=O) groups is 3. The van der Waals surface area contributed by atoms with Gasteiger partial charge in [-0.25, -0.2) is 0 Å². The van der Waals surface area contributed by atoms with Crippen LogP contribution in [0.25, 0.3) is 0 Å². The molecule has 0 bridgehead atoms. The number of nitrogens with zero attached hydrogens (tertiary/aromatic N) is 2. The normalized spacial score (nSPS) is 16.1. The lowest BCUT2D eigenvalue weighted by Crippen LogP contribution is -2.43. The Labute approximate surface area is 225 Å². The Morgan fingerprint density at radius 1 is 0.718 bits per heavy atom. The third-order valence-corrected chi connectivity index (χ3v) is 7.10. The highest BCUT2D eigenvalue weighted by molar-refractivity contribution is 6.21. The average Bonchev–Trinajstić information content (AvgIpc) is 3.22. The van der Waals surface area contributed by atoms with Gasteiger partial charge in [0, 0.05) is 16.9 Å². The Balaban J connectivity index is 1.41. The van der Waals surface area contributed by atoms with E-state index in [4.69, 9.17) is 9.47 Å². The van der Waals surface area contributed by atoms with Crippen molar-refractivity contribution in [3.05, 3.63) is 119 Å². The molecule has 2 heterocycles. The number of fused-ring (bicyclic) bond motifs is 2. The van der Waals surface area contributed by atoms with Gasteiger partial charge in [-0.15, -0.1) is 0 Å². The first-order valence-electron chi connectivity index (χ1n) is 12.5. The Kier molecular flexibility index (Phi) is 5.99. The fourth-order valence-electron chi connectivity index (χ4n) is 5.14. The third kappa shape index (κ3) is 4.06. The smallest absolute Gasteiger partial charge is 0.262 e. The van der Waals surface area contributed by atoms with Gasteiger partial charge in [0.15, 0.2) is 0 Å². The van der Waals surface area contributed by atoms with Crippen LogP contribution >= 0.6 is 0 Å². The molecule has 0 spiro atoms. The van der Waals surface area contributed by atoms with E-state index >= 15 is 0 Å². The zero-order chi connectivity index (χ0) is 27.1. The lowest BCUT2D eigenvalue weighted by Gasteiger charge is -2.38. The minimum atomic E-state index is -0.562. The highest BCUT2D eigenvalue weighted by Gasteiger charge is 2.37. The van der Waals surface area contributed by atoms with E-state index in [9.17, 15) is 14.4 Å². The molecule has 0 radical (unpaired) electrons. The first kappa shape index (κ1) is 24.2. The molecule has 2 aliphatic heterocycles. The highest BCUT2D eigenvalue weighted by atomic mass is 16.5. The number of imide groups is 1. The number of nitrogens with one attached hydrogen (secondary N) is 1. The first-order chi connectivity index (χ1) is 19.0. The van der Waals surface area contributed by atoms with Gasteiger partial charge in [0.25, 0.3) is 17.7 Å². The Morgan fingerprint density at radius 3 is 2.00 bits per heavy atom. The number of hydrogen-bond acceptors (Lipinski definition) is 6. The molecule has 0 unspecified atom stereocenters. The lowest BCUT2D eigenvalue weighted by molar-refractivity contribution is 0.0641. The largest absolute Gasteiger partial charge is 0.497 e. The number of benzene rings is 4. The van der Waals surface area contributed by atoms with Crippen molar-refractivity contribution in [3.63, 3.8) is 0 Å². The van der Waals surface area contributed by atoms with Crippen LogP contribution in [0.1, 0.15) is 48.4 Å². The molecule has 4 aromatic carbocycles. The third-order valence-electron chi connectivity index (χ3n) is 7.10. The summed E-state index contributed by atoms with van der Waals surface area (Å²) in [4.78, 5) is 42.8. The zero-order valence-electron chi connectivity index (χ0n) is 21.4. The average molecular weight is 520 g/mol. The van der Waals surface area contributed by atoms with Crippen LogP contribution in [-0.2, 0) is 6.54 Å². The fourth-order valence-corrected chi connectivity index (χ4v) is 5.14. The highest BCUT2D eigenvalue weighted by Crippen LogP contribution is 2.38. The number of carbonyl (C=O) groups excluding carboxylic acids is 3. The summed E-state index contributed by atoms with van der Waals surface area (Å²) in [6.45, 7) is 0.0309. The number of amides is 3. The molecule has 39 heavy (non-hydrogen) atoms. The second kappa shape index (κ2) is 9.64.